The van der Waals surface area contributed by atoms with Gasteiger partial charge in [-0.2, -0.15) is 0 Å². The van der Waals surface area contributed by atoms with Crippen LogP contribution < -0.4 is 5.32 Å². The number of unbranched alkanes of at least 4 members (excludes halogenated alkanes) is 33. The SMILES string of the molecule is CCCCCCCCCCCCCCCCCCCCCCCCCCCCCCC(O)C(COC1OC(CO)C(O)C(O)C1O)NC(=O)CCCCCCCCC. The van der Waals surface area contributed by atoms with Crippen LogP contribution in [0, 0.1) is 0 Å². The van der Waals surface area contributed by atoms with Crippen LogP contribution in [0.25, 0.3) is 0 Å². The number of hydrogen-bond acceptors (Lipinski definition) is 8. The van der Waals surface area contributed by atoms with Gasteiger partial charge in [0.05, 0.1) is 25.4 Å². The van der Waals surface area contributed by atoms with Gasteiger partial charge >= 0.3 is 0 Å². The monoisotopic (exact) mass is 828 g/mol. The summed E-state index contributed by atoms with van der Waals surface area (Å²) in [5.74, 6) is -0.148. The van der Waals surface area contributed by atoms with E-state index >= 15 is 0 Å². The zero-order valence-corrected chi connectivity index (χ0v) is 38.1. The first-order chi connectivity index (χ1) is 28.3. The Morgan fingerprint density at radius 1 is 0.517 bits per heavy atom. The summed E-state index contributed by atoms with van der Waals surface area (Å²) in [5, 5.41) is 54.2. The lowest BCUT2D eigenvalue weighted by atomic mass is 9.99. The molecule has 0 aromatic heterocycles. The quantitative estimate of drug-likeness (QED) is 0.0333. The van der Waals surface area contributed by atoms with Crippen LogP contribution in [-0.2, 0) is 14.3 Å². The van der Waals surface area contributed by atoms with Gasteiger partial charge in [-0.3, -0.25) is 4.79 Å². The molecule has 0 spiro atoms. The Hall–Kier alpha value is -0.810. The lowest BCUT2D eigenvalue weighted by molar-refractivity contribution is -0.302. The molecule has 1 amide bonds. The molecule has 9 nitrogen and oxygen atoms in total. The summed E-state index contributed by atoms with van der Waals surface area (Å²) >= 11 is 0. The van der Waals surface area contributed by atoms with Crippen LogP contribution >= 0.6 is 0 Å². The van der Waals surface area contributed by atoms with Gasteiger partial charge in [0, 0.05) is 6.42 Å². The highest BCUT2D eigenvalue weighted by molar-refractivity contribution is 5.76. The van der Waals surface area contributed by atoms with Crippen molar-refractivity contribution in [2.45, 2.75) is 294 Å². The third kappa shape index (κ3) is 30.3. The molecule has 0 bridgehead atoms. The number of aliphatic hydroxyl groups excluding tert-OH is 5. The molecule has 0 saturated carbocycles. The highest BCUT2D eigenvalue weighted by Gasteiger charge is 2.44. The Morgan fingerprint density at radius 2 is 0.862 bits per heavy atom. The minimum atomic E-state index is -1.55. The molecule has 58 heavy (non-hydrogen) atoms. The molecule has 1 rings (SSSR count). The van der Waals surface area contributed by atoms with Crippen molar-refractivity contribution >= 4 is 5.91 Å². The Balaban J connectivity index is 2.10. The average Bonchev–Trinajstić information content (AvgIpc) is 3.22. The predicted octanol–water partition coefficient (Wildman–Crippen LogP) is 11.1. The zero-order chi connectivity index (χ0) is 42.3. The minimum Gasteiger partial charge on any atom is -0.394 e. The average molecular weight is 828 g/mol. The second-order valence-corrected chi connectivity index (χ2v) is 18.0. The number of rotatable bonds is 43. The van der Waals surface area contributed by atoms with E-state index in [1.165, 1.54) is 186 Å². The van der Waals surface area contributed by atoms with Crippen molar-refractivity contribution in [2.75, 3.05) is 13.2 Å². The lowest BCUT2D eigenvalue weighted by Gasteiger charge is -2.40. The maximum absolute atomic E-state index is 12.8. The summed E-state index contributed by atoms with van der Waals surface area (Å²) in [7, 11) is 0. The first-order valence-corrected chi connectivity index (χ1v) is 25.2. The highest BCUT2D eigenvalue weighted by Crippen LogP contribution is 2.23. The second kappa shape index (κ2) is 40.3. The molecular formula is C49H97NO8. The van der Waals surface area contributed by atoms with Crippen molar-refractivity contribution in [1.29, 1.82) is 0 Å². The molecule has 6 N–H and O–H groups in total. The third-order valence-electron chi connectivity index (χ3n) is 12.5. The van der Waals surface area contributed by atoms with Crippen LogP contribution in [0.15, 0.2) is 0 Å². The largest absolute Gasteiger partial charge is 0.394 e. The van der Waals surface area contributed by atoms with E-state index in [9.17, 15) is 30.3 Å². The highest BCUT2D eigenvalue weighted by atomic mass is 16.7. The molecule has 1 heterocycles. The van der Waals surface area contributed by atoms with Gasteiger partial charge in [-0.1, -0.05) is 232 Å². The van der Waals surface area contributed by atoms with Crippen LogP contribution in [0.3, 0.4) is 0 Å². The summed E-state index contributed by atoms with van der Waals surface area (Å²) in [6.45, 7) is 3.81. The van der Waals surface area contributed by atoms with Gasteiger partial charge in [0.2, 0.25) is 5.91 Å². The van der Waals surface area contributed by atoms with E-state index in [0.717, 1.165) is 38.5 Å². The Labute approximate surface area is 357 Å². The summed E-state index contributed by atoms with van der Waals surface area (Å²) in [5.41, 5.74) is 0. The van der Waals surface area contributed by atoms with Crippen molar-refractivity contribution in [1.82, 2.24) is 5.32 Å². The molecule has 1 saturated heterocycles. The zero-order valence-electron chi connectivity index (χ0n) is 38.1. The Bertz CT molecular complexity index is 878. The standard InChI is InChI=1S/C49H97NO8/c1-3-5-7-9-11-12-13-14-15-16-17-18-19-20-21-22-23-24-25-26-27-28-29-30-31-33-34-36-38-43(52)42(50-45(53)39-37-35-32-10-8-6-4-2)41-57-49-48(56)47(55)46(54)44(40-51)58-49/h42-44,46-49,51-52,54-56H,3-41H2,1-2H3,(H,50,53). The maximum Gasteiger partial charge on any atom is 0.220 e. The minimum absolute atomic E-state index is 0.133. The molecule has 1 aliphatic rings. The smallest absolute Gasteiger partial charge is 0.220 e. The van der Waals surface area contributed by atoms with E-state index in [-0.39, 0.29) is 12.5 Å². The maximum atomic E-state index is 12.8. The fraction of sp³-hybridized carbons (Fsp3) is 0.980. The molecule has 1 aliphatic heterocycles. The number of ether oxygens (including phenoxy) is 2. The van der Waals surface area contributed by atoms with E-state index in [0.29, 0.717) is 12.8 Å². The molecule has 7 atom stereocenters. The topological polar surface area (TPSA) is 149 Å². The summed E-state index contributed by atoms with van der Waals surface area (Å²) < 4.78 is 11.2. The second-order valence-electron chi connectivity index (χ2n) is 18.0. The molecule has 9 heteroatoms. The van der Waals surface area contributed by atoms with E-state index in [1.54, 1.807) is 0 Å². The number of aliphatic hydroxyl groups is 5. The van der Waals surface area contributed by atoms with Crippen LogP contribution in [0.2, 0.25) is 0 Å². The van der Waals surface area contributed by atoms with E-state index in [4.69, 9.17) is 9.47 Å². The summed E-state index contributed by atoms with van der Waals surface area (Å²) in [6.07, 6.45) is 38.8. The lowest BCUT2D eigenvalue weighted by Crippen LogP contribution is -2.60. The molecule has 7 unspecified atom stereocenters. The molecule has 0 aromatic rings. The summed E-state index contributed by atoms with van der Waals surface area (Å²) in [4.78, 5) is 12.8. The number of carbonyl (C=O) groups is 1. The van der Waals surface area contributed by atoms with Crippen LogP contribution in [0.4, 0.5) is 0 Å². The van der Waals surface area contributed by atoms with Crippen molar-refractivity contribution in [2.24, 2.45) is 0 Å². The number of nitrogens with one attached hydrogen (secondary N) is 1. The molecule has 346 valence electrons. The van der Waals surface area contributed by atoms with E-state index in [2.05, 4.69) is 19.2 Å². The van der Waals surface area contributed by atoms with Crippen molar-refractivity contribution in [3.05, 3.63) is 0 Å². The van der Waals surface area contributed by atoms with E-state index in [1.807, 2.05) is 0 Å². The fourth-order valence-electron chi connectivity index (χ4n) is 8.40. The number of carbonyl (C=O) groups excluding carboxylic acids is 1. The van der Waals surface area contributed by atoms with Gasteiger partial charge in [0.25, 0.3) is 0 Å². The molecular weight excluding hydrogens is 731 g/mol. The Morgan fingerprint density at radius 3 is 1.22 bits per heavy atom. The summed E-state index contributed by atoms with van der Waals surface area (Å²) in [6, 6.07) is -0.710. The molecule has 0 radical (unpaired) electrons. The normalized spacial score (nSPS) is 20.7. The first kappa shape index (κ1) is 55.2. The molecule has 0 aliphatic carbocycles. The van der Waals surface area contributed by atoms with Gasteiger partial charge in [-0.05, 0) is 12.8 Å². The number of amides is 1. The van der Waals surface area contributed by atoms with Gasteiger partial charge in [-0.25, -0.2) is 0 Å². The third-order valence-corrected chi connectivity index (χ3v) is 12.5. The van der Waals surface area contributed by atoms with Gasteiger partial charge in [0.1, 0.15) is 24.4 Å². The van der Waals surface area contributed by atoms with Crippen molar-refractivity contribution < 1.29 is 39.8 Å². The fourth-order valence-corrected chi connectivity index (χ4v) is 8.40. The Kier molecular flexibility index (Phi) is 38.3. The first-order valence-electron chi connectivity index (χ1n) is 25.2. The molecule has 1 fully saturated rings. The molecule has 0 aromatic carbocycles. The van der Waals surface area contributed by atoms with Crippen LogP contribution in [0.5, 0.6) is 0 Å². The van der Waals surface area contributed by atoms with Crippen LogP contribution in [-0.4, -0.2) is 87.5 Å². The van der Waals surface area contributed by atoms with Crippen molar-refractivity contribution in [3.8, 4) is 0 Å². The van der Waals surface area contributed by atoms with Gasteiger partial charge < -0.3 is 40.3 Å². The van der Waals surface area contributed by atoms with Gasteiger partial charge in [-0.15, -0.1) is 0 Å². The number of hydrogen-bond donors (Lipinski definition) is 6. The van der Waals surface area contributed by atoms with Gasteiger partial charge in [0.15, 0.2) is 6.29 Å². The van der Waals surface area contributed by atoms with E-state index < -0.39 is 49.5 Å². The van der Waals surface area contributed by atoms with Crippen molar-refractivity contribution in [3.63, 3.8) is 0 Å². The van der Waals surface area contributed by atoms with Crippen LogP contribution in [0.1, 0.15) is 251 Å². The predicted molar refractivity (Wildman–Crippen MR) is 240 cm³/mol.